The maximum atomic E-state index is 12.9. The fourth-order valence-electron chi connectivity index (χ4n) is 4.24. The first-order valence-electron chi connectivity index (χ1n) is 8.80. The van der Waals surface area contributed by atoms with Gasteiger partial charge in [0.05, 0.1) is 11.7 Å². The smallest absolute Gasteiger partial charge is 0.262 e. The average molecular weight is 345 g/mol. The van der Waals surface area contributed by atoms with Gasteiger partial charge in [0.25, 0.3) is 5.56 Å². The molecule has 0 bridgehead atoms. The third kappa shape index (κ3) is 2.66. The van der Waals surface area contributed by atoms with Crippen molar-refractivity contribution in [3.63, 3.8) is 0 Å². The third-order valence-electron chi connectivity index (χ3n) is 5.22. The van der Waals surface area contributed by atoms with Crippen LogP contribution in [0.2, 0.25) is 0 Å². The maximum absolute atomic E-state index is 12.9. The topological polar surface area (TPSA) is 55.2 Å². The van der Waals surface area contributed by atoms with Crippen molar-refractivity contribution in [1.82, 2.24) is 14.5 Å². The lowest BCUT2D eigenvalue weighted by molar-refractivity contribution is -0.134. The first kappa shape index (κ1) is 15.8. The van der Waals surface area contributed by atoms with Gasteiger partial charge >= 0.3 is 0 Å². The van der Waals surface area contributed by atoms with E-state index < -0.39 is 0 Å². The minimum Gasteiger partial charge on any atom is -0.341 e. The van der Waals surface area contributed by atoms with E-state index in [9.17, 15) is 9.59 Å². The normalized spacial score (nSPS) is 23.7. The van der Waals surface area contributed by atoms with Crippen LogP contribution >= 0.6 is 11.3 Å². The summed E-state index contributed by atoms with van der Waals surface area (Å²) in [5, 5.41) is 0.753. The van der Waals surface area contributed by atoms with Crippen molar-refractivity contribution in [2.75, 3.05) is 13.1 Å². The van der Waals surface area contributed by atoms with E-state index in [1.807, 2.05) is 4.90 Å². The summed E-state index contributed by atoms with van der Waals surface area (Å²) in [5.74, 6) is 1.08. The van der Waals surface area contributed by atoms with Crippen LogP contribution in [0.5, 0.6) is 0 Å². The van der Waals surface area contributed by atoms with E-state index >= 15 is 0 Å². The molecule has 0 saturated carbocycles. The zero-order chi connectivity index (χ0) is 16.8. The molecule has 1 fully saturated rings. The molecule has 24 heavy (non-hydrogen) atoms. The number of aromatic nitrogens is 2. The third-order valence-corrected chi connectivity index (χ3v) is 6.42. The van der Waals surface area contributed by atoms with E-state index in [4.69, 9.17) is 0 Å². The van der Waals surface area contributed by atoms with Gasteiger partial charge < -0.3 is 4.90 Å². The summed E-state index contributed by atoms with van der Waals surface area (Å²) >= 11 is 1.64. The number of likely N-dealkylation sites (tertiary alicyclic amines) is 1. The molecule has 0 unspecified atom stereocenters. The lowest BCUT2D eigenvalue weighted by Crippen LogP contribution is -2.44. The number of thiophene rings is 1. The summed E-state index contributed by atoms with van der Waals surface area (Å²) in [5.41, 5.74) is 1.13. The van der Waals surface area contributed by atoms with E-state index in [2.05, 4.69) is 18.8 Å². The molecule has 6 heteroatoms. The predicted molar refractivity (Wildman–Crippen MR) is 95.4 cm³/mol. The van der Waals surface area contributed by atoms with Gasteiger partial charge in [0.1, 0.15) is 11.4 Å². The summed E-state index contributed by atoms with van der Waals surface area (Å²) in [6.45, 7) is 6.06. The lowest BCUT2D eigenvalue weighted by Gasteiger charge is -2.35. The van der Waals surface area contributed by atoms with E-state index in [0.29, 0.717) is 11.8 Å². The first-order valence-corrected chi connectivity index (χ1v) is 9.62. The number of amides is 1. The van der Waals surface area contributed by atoms with Crippen molar-refractivity contribution in [3.05, 3.63) is 27.1 Å². The number of fused-ring (bicyclic) bond motifs is 3. The van der Waals surface area contributed by atoms with Crippen LogP contribution in [-0.2, 0) is 24.2 Å². The number of rotatable bonds is 2. The SMILES string of the molecule is C[C@H]1C[C@H](C)CN(C(=O)Cn2cnc3sc4c(c3c2=O)CCC4)C1. The summed E-state index contributed by atoms with van der Waals surface area (Å²) in [7, 11) is 0. The number of hydrogen-bond donors (Lipinski definition) is 0. The molecule has 1 aliphatic carbocycles. The Balaban J connectivity index is 1.62. The Morgan fingerprint density at radius 1 is 1.29 bits per heavy atom. The first-order chi connectivity index (χ1) is 11.5. The van der Waals surface area contributed by atoms with Crippen molar-refractivity contribution in [1.29, 1.82) is 0 Å². The molecule has 1 amide bonds. The highest BCUT2D eigenvalue weighted by Gasteiger charge is 2.26. The second-order valence-corrected chi connectivity index (χ2v) is 8.54. The van der Waals surface area contributed by atoms with E-state index in [1.54, 1.807) is 17.7 Å². The van der Waals surface area contributed by atoms with Crippen molar-refractivity contribution < 1.29 is 4.79 Å². The number of nitrogens with zero attached hydrogens (tertiary/aromatic N) is 3. The monoisotopic (exact) mass is 345 g/mol. The Labute approximate surface area is 145 Å². The molecule has 0 aromatic carbocycles. The lowest BCUT2D eigenvalue weighted by atomic mass is 9.92. The number of hydrogen-bond acceptors (Lipinski definition) is 4. The van der Waals surface area contributed by atoms with Crippen LogP contribution in [0.25, 0.3) is 10.2 Å². The molecule has 2 aliphatic rings. The molecule has 0 N–H and O–H groups in total. The van der Waals surface area contributed by atoms with Crippen molar-refractivity contribution in [2.24, 2.45) is 11.8 Å². The van der Waals surface area contributed by atoms with Gasteiger partial charge in [-0.3, -0.25) is 14.2 Å². The number of carbonyl (C=O) groups is 1. The average Bonchev–Trinajstić information content (AvgIpc) is 3.09. The fraction of sp³-hybridized carbons (Fsp3) is 0.611. The molecule has 3 heterocycles. The summed E-state index contributed by atoms with van der Waals surface area (Å²) in [4.78, 5) is 34.0. The minimum absolute atomic E-state index is 0.0310. The quantitative estimate of drug-likeness (QED) is 0.840. The fourth-order valence-corrected chi connectivity index (χ4v) is 5.46. The van der Waals surface area contributed by atoms with Gasteiger partial charge in [0.2, 0.25) is 5.91 Å². The second-order valence-electron chi connectivity index (χ2n) is 7.46. The van der Waals surface area contributed by atoms with Crippen molar-refractivity contribution in [2.45, 2.75) is 46.1 Å². The van der Waals surface area contributed by atoms with Gasteiger partial charge in [-0.1, -0.05) is 13.8 Å². The van der Waals surface area contributed by atoms with Crippen LogP contribution in [0.3, 0.4) is 0 Å². The van der Waals surface area contributed by atoms with Gasteiger partial charge in [-0.2, -0.15) is 0 Å². The number of carbonyl (C=O) groups excluding carboxylic acids is 1. The van der Waals surface area contributed by atoms with Gasteiger partial charge in [0.15, 0.2) is 0 Å². The standard InChI is InChI=1S/C18H23N3O2S/c1-11-6-12(2)8-20(7-11)15(22)9-21-10-19-17-16(18(21)23)13-4-3-5-14(13)24-17/h10-12H,3-9H2,1-2H3/t11-,12-/m0/s1. The van der Waals surface area contributed by atoms with Crippen LogP contribution in [0.1, 0.15) is 37.1 Å². The van der Waals surface area contributed by atoms with Gasteiger partial charge in [0, 0.05) is 18.0 Å². The van der Waals surface area contributed by atoms with Crippen LogP contribution in [0.15, 0.2) is 11.1 Å². The Hall–Kier alpha value is -1.69. The molecule has 2 atom stereocenters. The minimum atomic E-state index is -0.0501. The van der Waals surface area contributed by atoms with Crippen LogP contribution in [0.4, 0.5) is 0 Å². The molecular weight excluding hydrogens is 322 g/mol. The highest BCUT2D eigenvalue weighted by atomic mass is 32.1. The molecule has 5 nitrogen and oxygen atoms in total. The van der Waals surface area contributed by atoms with E-state index in [-0.39, 0.29) is 18.0 Å². The molecule has 0 spiro atoms. The molecule has 1 aliphatic heterocycles. The summed E-state index contributed by atoms with van der Waals surface area (Å²) < 4.78 is 1.50. The van der Waals surface area contributed by atoms with Crippen molar-refractivity contribution >= 4 is 27.5 Å². The Kier molecular flexibility index (Phi) is 3.95. The molecule has 4 rings (SSSR count). The molecular formula is C18H23N3O2S. The highest BCUT2D eigenvalue weighted by Crippen LogP contribution is 2.34. The van der Waals surface area contributed by atoms with Gasteiger partial charge in [-0.05, 0) is 43.1 Å². The molecule has 0 radical (unpaired) electrons. The van der Waals surface area contributed by atoms with Gasteiger partial charge in [-0.15, -0.1) is 11.3 Å². The zero-order valence-electron chi connectivity index (χ0n) is 14.2. The van der Waals surface area contributed by atoms with E-state index in [0.717, 1.165) is 49.0 Å². The maximum Gasteiger partial charge on any atom is 0.262 e. The van der Waals surface area contributed by atoms with Crippen molar-refractivity contribution in [3.8, 4) is 0 Å². The molecule has 2 aromatic rings. The zero-order valence-corrected chi connectivity index (χ0v) is 15.1. The van der Waals surface area contributed by atoms with E-state index in [1.165, 1.54) is 15.0 Å². The largest absolute Gasteiger partial charge is 0.341 e. The Bertz CT molecular complexity index is 844. The highest BCUT2D eigenvalue weighted by molar-refractivity contribution is 7.18. The predicted octanol–water partition coefficient (Wildman–Crippen LogP) is 2.45. The van der Waals surface area contributed by atoms with Crippen LogP contribution in [-0.4, -0.2) is 33.4 Å². The molecule has 2 aromatic heterocycles. The van der Waals surface area contributed by atoms with Crippen LogP contribution in [0, 0.1) is 11.8 Å². The molecule has 128 valence electrons. The summed E-state index contributed by atoms with van der Waals surface area (Å²) in [6, 6.07) is 0. The Morgan fingerprint density at radius 3 is 2.79 bits per heavy atom. The van der Waals surface area contributed by atoms with Crippen LogP contribution < -0.4 is 5.56 Å². The number of piperidine rings is 1. The molecule has 1 saturated heterocycles. The second kappa shape index (κ2) is 5.99. The Morgan fingerprint density at radius 2 is 2.04 bits per heavy atom. The van der Waals surface area contributed by atoms with Gasteiger partial charge in [-0.25, -0.2) is 4.98 Å². The summed E-state index contributed by atoms with van der Waals surface area (Å²) in [6.07, 6.45) is 5.85. The number of aryl methyl sites for hydroxylation is 2.